The minimum atomic E-state index is -0.376. The van der Waals surface area contributed by atoms with Crippen LogP contribution in [0.15, 0.2) is 0 Å². The number of hydrogen-bond donors (Lipinski definition) is 1. The molecule has 1 N–H and O–H groups in total. The summed E-state index contributed by atoms with van der Waals surface area (Å²) < 4.78 is 15.3. The predicted molar refractivity (Wildman–Crippen MR) is 54.4 cm³/mol. The van der Waals surface area contributed by atoms with E-state index < -0.39 is 0 Å². The SMILES string of the molecule is COC(CNC(=O)CC1CCCO1)OC. The van der Waals surface area contributed by atoms with Crippen LogP contribution in [0.1, 0.15) is 19.3 Å². The zero-order chi connectivity index (χ0) is 11.1. The van der Waals surface area contributed by atoms with Crippen LogP contribution in [0.3, 0.4) is 0 Å². The fourth-order valence-electron chi connectivity index (χ4n) is 1.54. The minimum Gasteiger partial charge on any atom is -0.378 e. The summed E-state index contributed by atoms with van der Waals surface area (Å²) in [6.45, 7) is 1.15. The summed E-state index contributed by atoms with van der Waals surface area (Å²) in [5, 5.41) is 2.74. The molecule has 0 saturated carbocycles. The second kappa shape index (κ2) is 6.76. The van der Waals surface area contributed by atoms with Crippen molar-refractivity contribution in [2.75, 3.05) is 27.4 Å². The van der Waals surface area contributed by atoms with Crippen molar-refractivity contribution in [2.45, 2.75) is 31.7 Å². The van der Waals surface area contributed by atoms with Crippen molar-refractivity contribution in [3.8, 4) is 0 Å². The van der Waals surface area contributed by atoms with E-state index in [1.807, 2.05) is 0 Å². The smallest absolute Gasteiger partial charge is 0.222 e. The molecule has 0 bridgehead atoms. The second-order valence-electron chi connectivity index (χ2n) is 3.54. The summed E-state index contributed by atoms with van der Waals surface area (Å²) in [6.07, 6.45) is 2.18. The molecule has 5 heteroatoms. The summed E-state index contributed by atoms with van der Waals surface area (Å²) in [5.74, 6) is -0.0130. The molecule has 1 atom stereocenters. The largest absolute Gasteiger partial charge is 0.378 e. The number of ether oxygens (including phenoxy) is 3. The van der Waals surface area contributed by atoms with Gasteiger partial charge in [-0.05, 0) is 12.8 Å². The van der Waals surface area contributed by atoms with Gasteiger partial charge in [0.05, 0.1) is 19.1 Å². The molecule has 88 valence electrons. The number of amides is 1. The normalized spacial score (nSPS) is 20.9. The van der Waals surface area contributed by atoms with E-state index in [1.54, 1.807) is 14.2 Å². The molecule has 1 aliphatic rings. The summed E-state index contributed by atoms with van der Waals surface area (Å²) in [7, 11) is 3.08. The average Bonchev–Trinajstić information content (AvgIpc) is 2.72. The molecular weight excluding hydrogens is 198 g/mol. The van der Waals surface area contributed by atoms with Crippen LogP contribution in [0.4, 0.5) is 0 Å². The highest BCUT2D eigenvalue weighted by molar-refractivity contribution is 5.76. The molecule has 1 saturated heterocycles. The Morgan fingerprint density at radius 1 is 1.53 bits per heavy atom. The van der Waals surface area contributed by atoms with E-state index in [-0.39, 0.29) is 18.3 Å². The first-order valence-electron chi connectivity index (χ1n) is 5.20. The van der Waals surface area contributed by atoms with Gasteiger partial charge in [0.2, 0.25) is 5.91 Å². The van der Waals surface area contributed by atoms with Crippen LogP contribution in [-0.2, 0) is 19.0 Å². The fraction of sp³-hybridized carbons (Fsp3) is 0.900. The second-order valence-corrected chi connectivity index (χ2v) is 3.54. The molecular formula is C10H19NO4. The van der Waals surface area contributed by atoms with Crippen LogP contribution >= 0.6 is 0 Å². The molecule has 0 aromatic rings. The third kappa shape index (κ3) is 4.59. The number of rotatable bonds is 6. The van der Waals surface area contributed by atoms with Gasteiger partial charge in [0.15, 0.2) is 6.29 Å². The van der Waals surface area contributed by atoms with Crippen molar-refractivity contribution < 1.29 is 19.0 Å². The zero-order valence-electron chi connectivity index (χ0n) is 9.32. The van der Waals surface area contributed by atoms with Gasteiger partial charge in [0.1, 0.15) is 0 Å². The van der Waals surface area contributed by atoms with Crippen LogP contribution in [-0.4, -0.2) is 45.7 Å². The first-order valence-corrected chi connectivity index (χ1v) is 5.20. The lowest BCUT2D eigenvalue weighted by Gasteiger charge is -2.15. The molecule has 1 unspecified atom stereocenters. The molecule has 1 amide bonds. The van der Waals surface area contributed by atoms with Crippen molar-refractivity contribution in [2.24, 2.45) is 0 Å². The van der Waals surface area contributed by atoms with E-state index in [4.69, 9.17) is 14.2 Å². The van der Waals surface area contributed by atoms with Crippen LogP contribution in [0.5, 0.6) is 0 Å². The number of methoxy groups -OCH3 is 2. The van der Waals surface area contributed by atoms with Gasteiger partial charge in [-0.3, -0.25) is 4.79 Å². The van der Waals surface area contributed by atoms with Crippen molar-refractivity contribution in [3.05, 3.63) is 0 Å². The quantitative estimate of drug-likeness (QED) is 0.650. The number of hydrogen-bond acceptors (Lipinski definition) is 4. The van der Waals surface area contributed by atoms with Crippen LogP contribution < -0.4 is 5.32 Å². The number of carbonyl (C=O) groups is 1. The molecule has 0 aromatic heterocycles. The summed E-state index contributed by atoms with van der Waals surface area (Å²) in [5.41, 5.74) is 0. The maximum atomic E-state index is 11.4. The van der Waals surface area contributed by atoms with Gasteiger partial charge >= 0.3 is 0 Å². The Hall–Kier alpha value is -0.650. The molecule has 0 aromatic carbocycles. The third-order valence-corrected chi connectivity index (χ3v) is 2.43. The zero-order valence-corrected chi connectivity index (χ0v) is 9.32. The van der Waals surface area contributed by atoms with E-state index in [2.05, 4.69) is 5.32 Å². The van der Waals surface area contributed by atoms with Crippen molar-refractivity contribution in [1.29, 1.82) is 0 Å². The predicted octanol–water partition coefficient (Wildman–Crippen LogP) is 0.291. The molecule has 15 heavy (non-hydrogen) atoms. The van der Waals surface area contributed by atoms with Gasteiger partial charge in [-0.15, -0.1) is 0 Å². The Morgan fingerprint density at radius 2 is 2.27 bits per heavy atom. The number of carbonyl (C=O) groups excluding carboxylic acids is 1. The standard InChI is InChI=1S/C10H19NO4/c1-13-10(14-2)7-11-9(12)6-8-4-3-5-15-8/h8,10H,3-7H2,1-2H3,(H,11,12). The average molecular weight is 217 g/mol. The third-order valence-electron chi connectivity index (χ3n) is 2.43. The van der Waals surface area contributed by atoms with Gasteiger partial charge in [-0.1, -0.05) is 0 Å². The van der Waals surface area contributed by atoms with E-state index in [0.29, 0.717) is 13.0 Å². The highest BCUT2D eigenvalue weighted by atomic mass is 16.7. The van der Waals surface area contributed by atoms with Crippen molar-refractivity contribution in [3.63, 3.8) is 0 Å². The Kier molecular flexibility index (Phi) is 5.60. The van der Waals surface area contributed by atoms with Gasteiger partial charge in [0.25, 0.3) is 0 Å². The Bertz CT molecular complexity index is 188. The molecule has 1 aliphatic heterocycles. The lowest BCUT2D eigenvalue weighted by atomic mass is 10.2. The van der Waals surface area contributed by atoms with Gasteiger partial charge in [-0.25, -0.2) is 0 Å². The molecule has 0 radical (unpaired) electrons. The summed E-state index contributed by atoms with van der Waals surface area (Å²) in [4.78, 5) is 11.4. The Labute approximate surface area is 90.1 Å². The molecule has 1 rings (SSSR count). The number of nitrogens with one attached hydrogen (secondary N) is 1. The molecule has 0 aliphatic carbocycles. The summed E-state index contributed by atoms with van der Waals surface area (Å²) in [6, 6.07) is 0. The minimum absolute atomic E-state index is 0.0130. The Balaban J connectivity index is 2.12. The topological polar surface area (TPSA) is 56.8 Å². The van der Waals surface area contributed by atoms with Gasteiger partial charge in [-0.2, -0.15) is 0 Å². The van der Waals surface area contributed by atoms with Gasteiger partial charge < -0.3 is 19.5 Å². The van der Waals surface area contributed by atoms with E-state index >= 15 is 0 Å². The highest BCUT2D eigenvalue weighted by Gasteiger charge is 2.19. The molecule has 0 spiro atoms. The van der Waals surface area contributed by atoms with Crippen molar-refractivity contribution >= 4 is 5.91 Å². The van der Waals surface area contributed by atoms with Crippen LogP contribution in [0.2, 0.25) is 0 Å². The lowest BCUT2D eigenvalue weighted by molar-refractivity contribution is -0.129. The first-order chi connectivity index (χ1) is 7.26. The fourth-order valence-corrected chi connectivity index (χ4v) is 1.54. The van der Waals surface area contributed by atoms with E-state index in [9.17, 15) is 4.79 Å². The van der Waals surface area contributed by atoms with Gasteiger partial charge in [0, 0.05) is 20.8 Å². The van der Waals surface area contributed by atoms with E-state index in [0.717, 1.165) is 19.4 Å². The Morgan fingerprint density at radius 3 is 2.80 bits per heavy atom. The molecule has 1 fully saturated rings. The van der Waals surface area contributed by atoms with Crippen LogP contribution in [0.25, 0.3) is 0 Å². The maximum absolute atomic E-state index is 11.4. The monoisotopic (exact) mass is 217 g/mol. The highest BCUT2D eigenvalue weighted by Crippen LogP contribution is 2.14. The van der Waals surface area contributed by atoms with E-state index in [1.165, 1.54) is 0 Å². The first kappa shape index (κ1) is 12.4. The lowest BCUT2D eigenvalue weighted by Crippen LogP contribution is -2.35. The van der Waals surface area contributed by atoms with Crippen LogP contribution in [0, 0.1) is 0 Å². The molecule has 1 heterocycles. The summed E-state index contributed by atoms with van der Waals surface area (Å²) >= 11 is 0. The maximum Gasteiger partial charge on any atom is 0.222 e. The molecule has 5 nitrogen and oxygen atoms in total. The van der Waals surface area contributed by atoms with Crippen molar-refractivity contribution in [1.82, 2.24) is 5.32 Å².